The SMILES string of the molecule is CC(c1nc(-c2cccc(C(F)(F)F)c2)no1)N1CCN(C(=O)[C@@H](C)N)CC1. The number of hydrogen-bond acceptors (Lipinski definition) is 6. The molecule has 3 rings (SSSR count). The van der Waals surface area contributed by atoms with Crippen molar-refractivity contribution in [2.45, 2.75) is 32.1 Å². The van der Waals surface area contributed by atoms with Crippen molar-refractivity contribution in [2.24, 2.45) is 5.73 Å². The summed E-state index contributed by atoms with van der Waals surface area (Å²) in [5.74, 6) is 0.343. The largest absolute Gasteiger partial charge is 0.416 e. The molecule has 28 heavy (non-hydrogen) atoms. The van der Waals surface area contributed by atoms with Crippen LogP contribution in [0, 0.1) is 0 Å². The Bertz CT molecular complexity index is 829. The summed E-state index contributed by atoms with van der Waals surface area (Å²) < 4.78 is 44.0. The summed E-state index contributed by atoms with van der Waals surface area (Å²) in [5.41, 5.74) is 5.11. The number of amides is 1. The van der Waals surface area contributed by atoms with Gasteiger partial charge >= 0.3 is 6.18 Å². The zero-order valence-corrected chi connectivity index (χ0v) is 15.6. The predicted molar refractivity (Wildman–Crippen MR) is 95.0 cm³/mol. The number of nitrogens with zero attached hydrogens (tertiary/aromatic N) is 4. The van der Waals surface area contributed by atoms with Crippen molar-refractivity contribution in [3.8, 4) is 11.4 Å². The van der Waals surface area contributed by atoms with E-state index < -0.39 is 17.8 Å². The molecule has 152 valence electrons. The molecular formula is C18H22F3N5O2. The van der Waals surface area contributed by atoms with Crippen molar-refractivity contribution >= 4 is 5.91 Å². The van der Waals surface area contributed by atoms with E-state index in [-0.39, 0.29) is 23.3 Å². The summed E-state index contributed by atoms with van der Waals surface area (Å²) in [5, 5.41) is 3.83. The normalized spacial score (nSPS) is 18.1. The van der Waals surface area contributed by atoms with Crippen LogP contribution in [-0.4, -0.2) is 58.1 Å². The molecule has 0 bridgehead atoms. The molecule has 2 aromatic rings. The maximum Gasteiger partial charge on any atom is 0.416 e. The molecule has 0 spiro atoms. The maximum absolute atomic E-state index is 12.9. The van der Waals surface area contributed by atoms with Crippen LogP contribution in [-0.2, 0) is 11.0 Å². The number of aromatic nitrogens is 2. The fourth-order valence-electron chi connectivity index (χ4n) is 3.13. The summed E-state index contributed by atoms with van der Waals surface area (Å²) in [6.07, 6.45) is -4.44. The van der Waals surface area contributed by atoms with E-state index in [1.165, 1.54) is 12.1 Å². The predicted octanol–water partition coefficient (Wildman–Crippen LogP) is 2.31. The molecule has 1 amide bonds. The first-order valence-corrected chi connectivity index (χ1v) is 8.96. The number of carbonyl (C=O) groups excluding carboxylic acids is 1. The van der Waals surface area contributed by atoms with Crippen molar-refractivity contribution in [3.63, 3.8) is 0 Å². The molecule has 2 atom stereocenters. The molecule has 2 heterocycles. The van der Waals surface area contributed by atoms with Gasteiger partial charge in [-0.25, -0.2) is 0 Å². The van der Waals surface area contributed by atoms with Gasteiger partial charge in [-0.2, -0.15) is 18.2 Å². The number of rotatable bonds is 4. The molecule has 1 aliphatic heterocycles. The van der Waals surface area contributed by atoms with Crippen molar-refractivity contribution in [1.29, 1.82) is 0 Å². The molecule has 1 unspecified atom stereocenters. The first kappa shape index (κ1) is 20.3. The van der Waals surface area contributed by atoms with Gasteiger partial charge in [-0.1, -0.05) is 17.3 Å². The van der Waals surface area contributed by atoms with Crippen LogP contribution < -0.4 is 5.73 Å². The van der Waals surface area contributed by atoms with E-state index in [1.807, 2.05) is 6.92 Å². The fraction of sp³-hybridized carbons (Fsp3) is 0.500. The number of hydrogen-bond donors (Lipinski definition) is 1. The first-order chi connectivity index (χ1) is 13.2. The Hall–Kier alpha value is -2.46. The third-order valence-electron chi connectivity index (χ3n) is 4.81. The Kier molecular flexibility index (Phi) is 5.71. The van der Waals surface area contributed by atoms with Crippen LogP contribution >= 0.6 is 0 Å². The molecule has 1 aromatic carbocycles. The number of nitrogens with two attached hydrogens (primary N) is 1. The molecule has 0 radical (unpaired) electrons. The molecule has 1 aliphatic rings. The minimum atomic E-state index is -4.44. The van der Waals surface area contributed by atoms with E-state index in [9.17, 15) is 18.0 Å². The third kappa shape index (κ3) is 4.33. The van der Waals surface area contributed by atoms with Crippen molar-refractivity contribution in [1.82, 2.24) is 19.9 Å². The van der Waals surface area contributed by atoms with Gasteiger partial charge in [0.15, 0.2) is 0 Å². The Morgan fingerprint density at radius 2 is 1.89 bits per heavy atom. The summed E-state index contributed by atoms with van der Waals surface area (Å²) in [6.45, 7) is 5.85. The van der Waals surface area contributed by atoms with E-state index >= 15 is 0 Å². The van der Waals surface area contributed by atoms with E-state index in [2.05, 4.69) is 15.0 Å². The van der Waals surface area contributed by atoms with Gasteiger partial charge in [-0.05, 0) is 26.0 Å². The lowest BCUT2D eigenvalue weighted by molar-refractivity contribution is -0.137. The number of benzene rings is 1. The summed E-state index contributed by atoms with van der Waals surface area (Å²) in [6, 6.07) is 4.06. The van der Waals surface area contributed by atoms with Gasteiger partial charge in [0.2, 0.25) is 17.6 Å². The quantitative estimate of drug-likeness (QED) is 0.852. The Balaban J connectivity index is 1.68. The average Bonchev–Trinajstić information content (AvgIpc) is 3.16. The highest BCUT2D eigenvalue weighted by Crippen LogP contribution is 2.32. The smallest absolute Gasteiger partial charge is 0.339 e. The molecule has 1 aromatic heterocycles. The highest BCUT2D eigenvalue weighted by Gasteiger charge is 2.31. The molecule has 0 aliphatic carbocycles. The molecule has 2 N–H and O–H groups in total. The van der Waals surface area contributed by atoms with Gasteiger partial charge < -0.3 is 15.2 Å². The molecule has 1 fully saturated rings. The number of piperazine rings is 1. The third-order valence-corrected chi connectivity index (χ3v) is 4.81. The highest BCUT2D eigenvalue weighted by atomic mass is 19.4. The second-order valence-electron chi connectivity index (χ2n) is 6.86. The molecular weight excluding hydrogens is 375 g/mol. The monoisotopic (exact) mass is 397 g/mol. The maximum atomic E-state index is 12.9. The van der Waals surface area contributed by atoms with Gasteiger partial charge in [-0.3, -0.25) is 9.69 Å². The average molecular weight is 397 g/mol. The molecule has 10 heteroatoms. The number of carbonyl (C=O) groups is 1. The van der Waals surface area contributed by atoms with Gasteiger partial charge in [0.1, 0.15) is 0 Å². The van der Waals surface area contributed by atoms with Crippen LogP contribution in [0.5, 0.6) is 0 Å². The molecule has 0 saturated carbocycles. The van der Waals surface area contributed by atoms with Crippen LogP contribution in [0.25, 0.3) is 11.4 Å². The highest BCUT2D eigenvalue weighted by molar-refractivity contribution is 5.81. The Morgan fingerprint density at radius 3 is 2.50 bits per heavy atom. The van der Waals surface area contributed by atoms with Crippen LogP contribution in [0.1, 0.15) is 31.3 Å². The van der Waals surface area contributed by atoms with E-state index in [1.54, 1.807) is 11.8 Å². The number of halogens is 3. The van der Waals surface area contributed by atoms with Gasteiger partial charge in [0.25, 0.3) is 0 Å². The lowest BCUT2D eigenvalue weighted by Gasteiger charge is -2.37. The second kappa shape index (κ2) is 7.88. The second-order valence-corrected chi connectivity index (χ2v) is 6.86. The van der Waals surface area contributed by atoms with Gasteiger partial charge in [-0.15, -0.1) is 0 Å². The van der Waals surface area contributed by atoms with Gasteiger partial charge in [0, 0.05) is 31.7 Å². The van der Waals surface area contributed by atoms with Crippen molar-refractivity contribution in [3.05, 3.63) is 35.7 Å². The van der Waals surface area contributed by atoms with E-state index in [0.29, 0.717) is 32.1 Å². The van der Waals surface area contributed by atoms with Gasteiger partial charge in [0.05, 0.1) is 17.6 Å². The zero-order valence-electron chi connectivity index (χ0n) is 15.6. The van der Waals surface area contributed by atoms with Crippen LogP contribution in [0.4, 0.5) is 13.2 Å². The molecule has 1 saturated heterocycles. The Morgan fingerprint density at radius 1 is 1.21 bits per heavy atom. The summed E-state index contributed by atoms with van der Waals surface area (Å²) in [7, 11) is 0. The van der Waals surface area contributed by atoms with E-state index in [0.717, 1.165) is 12.1 Å². The summed E-state index contributed by atoms with van der Waals surface area (Å²) in [4.78, 5) is 20.0. The van der Waals surface area contributed by atoms with Crippen LogP contribution in [0.2, 0.25) is 0 Å². The van der Waals surface area contributed by atoms with Crippen LogP contribution in [0.3, 0.4) is 0 Å². The van der Waals surface area contributed by atoms with Crippen LogP contribution in [0.15, 0.2) is 28.8 Å². The fourth-order valence-corrected chi connectivity index (χ4v) is 3.13. The zero-order chi connectivity index (χ0) is 20.5. The lowest BCUT2D eigenvalue weighted by atomic mass is 10.1. The first-order valence-electron chi connectivity index (χ1n) is 8.96. The van der Waals surface area contributed by atoms with Crippen molar-refractivity contribution < 1.29 is 22.5 Å². The number of alkyl halides is 3. The van der Waals surface area contributed by atoms with E-state index in [4.69, 9.17) is 10.3 Å². The topological polar surface area (TPSA) is 88.5 Å². The Labute approximate surface area is 160 Å². The molecule has 7 nitrogen and oxygen atoms in total. The minimum absolute atomic E-state index is 0.0862. The minimum Gasteiger partial charge on any atom is -0.339 e. The standard InChI is InChI=1S/C18H22F3N5O2/c1-11(22)17(27)26-8-6-25(7-9-26)12(2)16-23-15(24-28-16)13-4-3-5-14(10-13)18(19,20)21/h3-5,10-12H,6-9,22H2,1-2H3/t11-,12?/m1/s1. The lowest BCUT2D eigenvalue weighted by Crippen LogP contribution is -2.52. The van der Waals surface area contributed by atoms with Crippen molar-refractivity contribution in [2.75, 3.05) is 26.2 Å². The summed E-state index contributed by atoms with van der Waals surface area (Å²) >= 11 is 0.